The average Bonchev–Trinajstić information content (AvgIpc) is 2.19. The Morgan fingerprint density at radius 2 is 2.08 bits per heavy atom. The van der Waals surface area contributed by atoms with Crippen LogP contribution in [0.25, 0.3) is 0 Å². The molecule has 0 bridgehead atoms. The zero-order chi connectivity index (χ0) is 9.52. The molecule has 0 fully saturated rings. The highest BCUT2D eigenvalue weighted by atomic mass is 35.5. The lowest BCUT2D eigenvalue weighted by Crippen LogP contribution is -1.93. The topological polar surface area (TPSA) is 0 Å². The SMILES string of the molecule is CCC(/C=C\Cl)Sc1ccccc1. The lowest BCUT2D eigenvalue weighted by atomic mass is 10.3. The Hall–Kier alpha value is -0.400. The minimum absolute atomic E-state index is 0.486. The van der Waals surface area contributed by atoms with Crippen LogP contribution in [0.2, 0.25) is 0 Å². The third-order valence-corrected chi connectivity index (χ3v) is 3.20. The van der Waals surface area contributed by atoms with Gasteiger partial charge in [0.05, 0.1) is 0 Å². The summed E-state index contributed by atoms with van der Waals surface area (Å²) in [6, 6.07) is 10.4. The molecule has 1 aromatic carbocycles. The molecule has 0 aliphatic rings. The van der Waals surface area contributed by atoms with E-state index < -0.39 is 0 Å². The van der Waals surface area contributed by atoms with Gasteiger partial charge in [0.2, 0.25) is 0 Å². The Labute approximate surface area is 89.0 Å². The first-order valence-corrected chi connectivity index (χ1v) is 5.67. The molecule has 70 valence electrons. The third kappa shape index (κ3) is 3.88. The molecule has 1 aromatic rings. The van der Waals surface area contributed by atoms with E-state index in [-0.39, 0.29) is 0 Å². The molecular weight excluding hydrogens is 200 g/mol. The van der Waals surface area contributed by atoms with Crippen molar-refractivity contribution in [1.82, 2.24) is 0 Å². The molecule has 0 aliphatic heterocycles. The van der Waals surface area contributed by atoms with Crippen LogP contribution in [0.5, 0.6) is 0 Å². The molecule has 0 saturated heterocycles. The zero-order valence-corrected chi connectivity index (χ0v) is 9.18. The lowest BCUT2D eigenvalue weighted by Gasteiger charge is -2.08. The highest BCUT2D eigenvalue weighted by Gasteiger charge is 2.02. The second-order valence-corrected chi connectivity index (χ2v) is 4.26. The number of benzene rings is 1. The van der Waals surface area contributed by atoms with Crippen LogP contribution in [0, 0.1) is 0 Å². The number of rotatable bonds is 4. The molecular formula is C11H13ClS. The Morgan fingerprint density at radius 3 is 2.62 bits per heavy atom. The van der Waals surface area contributed by atoms with Crippen LogP contribution in [0.1, 0.15) is 13.3 Å². The molecule has 1 atom stereocenters. The van der Waals surface area contributed by atoms with E-state index in [0.717, 1.165) is 6.42 Å². The molecule has 0 aromatic heterocycles. The maximum absolute atomic E-state index is 5.55. The van der Waals surface area contributed by atoms with E-state index in [2.05, 4.69) is 31.2 Å². The molecule has 1 rings (SSSR count). The minimum Gasteiger partial charge on any atom is -0.119 e. The zero-order valence-electron chi connectivity index (χ0n) is 7.61. The van der Waals surface area contributed by atoms with Gasteiger partial charge in [0.1, 0.15) is 0 Å². The summed E-state index contributed by atoms with van der Waals surface area (Å²) >= 11 is 7.39. The maximum atomic E-state index is 5.55. The fraction of sp³-hybridized carbons (Fsp3) is 0.273. The molecule has 0 saturated carbocycles. The van der Waals surface area contributed by atoms with Crippen molar-refractivity contribution in [3.8, 4) is 0 Å². The summed E-state index contributed by atoms with van der Waals surface area (Å²) in [5.41, 5.74) is 1.60. The highest BCUT2D eigenvalue weighted by molar-refractivity contribution is 8.00. The van der Waals surface area contributed by atoms with Crippen LogP contribution in [-0.4, -0.2) is 5.25 Å². The van der Waals surface area contributed by atoms with Crippen molar-refractivity contribution in [1.29, 1.82) is 0 Å². The van der Waals surface area contributed by atoms with Crippen LogP contribution in [0.4, 0.5) is 0 Å². The van der Waals surface area contributed by atoms with Crippen LogP contribution < -0.4 is 0 Å². The fourth-order valence-electron chi connectivity index (χ4n) is 1.01. The first-order chi connectivity index (χ1) is 6.36. The molecule has 13 heavy (non-hydrogen) atoms. The molecule has 0 heterocycles. The number of halogens is 1. The van der Waals surface area contributed by atoms with Crippen LogP contribution in [-0.2, 0) is 0 Å². The second-order valence-electron chi connectivity index (χ2n) is 2.70. The molecule has 0 aliphatic carbocycles. The lowest BCUT2D eigenvalue weighted by molar-refractivity contribution is 0.977. The summed E-state index contributed by atoms with van der Waals surface area (Å²) in [6.07, 6.45) is 3.13. The van der Waals surface area contributed by atoms with Gasteiger partial charge in [0, 0.05) is 15.7 Å². The number of thioether (sulfide) groups is 1. The van der Waals surface area contributed by atoms with Gasteiger partial charge in [-0.05, 0) is 18.6 Å². The summed E-state index contributed by atoms with van der Waals surface area (Å²) in [5.74, 6) is 0. The summed E-state index contributed by atoms with van der Waals surface area (Å²) in [4.78, 5) is 1.30. The van der Waals surface area contributed by atoms with Gasteiger partial charge in [0.15, 0.2) is 0 Å². The van der Waals surface area contributed by atoms with Gasteiger partial charge in [0.25, 0.3) is 0 Å². The number of hydrogen-bond acceptors (Lipinski definition) is 1. The van der Waals surface area contributed by atoms with Gasteiger partial charge in [-0.1, -0.05) is 42.8 Å². The monoisotopic (exact) mass is 212 g/mol. The number of hydrogen-bond donors (Lipinski definition) is 0. The van der Waals surface area contributed by atoms with Crippen LogP contribution in [0.3, 0.4) is 0 Å². The molecule has 0 amide bonds. The Morgan fingerprint density at radius 1 is 1.38 bits per heavy atom. The maximum Gasteiger partial charge on any atom is 0.0283 e. The smallest absolute Gasteiger partial charge is 0.0283 e. The molecule has 0 radical (unpaired) electrons. The molecule has 1 unspecified atom stereocenters. The van der Waals surface area contributed by atoms with Crippen LogP contribution >= 0.6 is 23.4 Å². The van der Waals surface area contributed by atoms with Crippen molar-refractivity contribution in [2.75, 3.05) is 0 Å². The van der Waals surface area contributed by atoms with Crippen molar-refractivity contribution in [3.05, 3.63) is 41.9 Å². The Bertz CT molecular complexity index is 256. The first kappa shape index (κ1) is 10.7. The van der Waals surface area contributed by atoms with Gasteiger partial charge in [-0.3, -0.25) is 0 Å². The van der Waals surface area contributed by atoms with Crippen molar-refractivity contribution < 1.29 is 0 Å². The summed E-state index contributed by atoms with van der Waals surface area (Å²) in [7, 11) is 0. The molecule has 2 heteroatoms. The van der Waals surface area contributed by atoms with Gasteiger partial charge in [-0.15, -0.1) is 11.8 Å². The van der Waals surface area contributed by atoms with E-state index in [9.17, 15) is 0 Å². The van der Waals surface area contributed by atoms with E-state index in [1.165, 1.54) is 4.90 Å². The van der Waals surface area contributed by atoms with E-state index in [0.29, 0.717) is 5.25 Å². The quantitative estimate of drug-likeness (QED) is 0.671. The fourth-order valence-corrected chi connectivity index (χ4v) is 2.26. The first-order valence-electron chi connectivity index (χ1n) is 4.35. The minimum atomic E-state index is 0.486. The Balaban J connectivity index is 2.56. The largest absolute Gasteiger partial charge is 0.119 e. The summed E-state index contributed by atoms with van der Waals surface area (Å²) in [6.45, 7) is 2.16. The van der Waals surface area contributed by atoms with E-state index in [1.807, 2.05) is 23.9 Å². The van der Waals surface area contributed by atoms with Gasteiger partial charge >= 0.3 is 0 Å². The van der Waals surface area contributed by atoms with Crippen molar-refractivity contribution in [3.63, 3.8) is 0 Å². The van der Waals surface area contributed by atoms with Gasteiger partial charge in [-0.2, -0.15) is 0 Å². The predicted octanol–water partition coefficient (Wildman–Crippen LogP) is 4.31. The average molecular weight is 213 g/mol. The molecule has 0 N–H and O–H groups in total. The summed E-state index contributed by atoms with van der Waals surface area (Å²) in [5, 5.41) is 0.486. The predicted molar refractivity (Wildman–Crippen MR) is 61.4 cm³/mol. The Kier molecular flexibility index (Phi) is 5.02. The van der Waals surface area contributed by atoms with Crippen molar-refractivity contribution in [2.45, 2.75) is 23.5 Å². The van der Waals surface area contributed by atoms with E-state index in [4.69, 9.17) is 11.6 Å². The van der Waals surface area contributed by atoms with Gasteiger partial charge < -0.3 is 0 Å². The normalized spacial score (nSPS) is 13.4. The van der Waals surface area contributed by atoms with Gasteiger partial charge in [-0.25, -0.2) is 0 Å². The standard InChI is InChI=1S/C11H13ClS/c1-2-10(8-9-12)13-11-6-4-3-5-7-11/h3-10H,2H2,1H3/b9-8-. The second kappa shape index (κ2) is 6.11. The van der Waals surface area contributed by atoms with Crippen LogP contribution in [0.15, 0.2) is 46.8 Å². The highest BCUT2D eigenvalue weighted by Crippen LogP contribution is 2.25. The molecule has 0 nitrogen and oxygen atoms in total. The van der Waals surface area contributed by atoms with Crippen molar-refractivity contribution >= 4 is 23.4 Å². The van der Waals surface area contributed by atoms with E-state index >= 15 is 0 Å². The third-order valence-electron chi connectivity index (χ3n) is 1.72. The van der Waals surface area contributed by atoms with E-state index in [1.54, 1.807) is 5.54 Å². The van der Waals surface area contributed by atoms with Crippen molar-refractivity contribution in [2.24, 2.45) is 0 Å². The summed E-state index contributed by atoms with van der Waals surface area (Å²) < 4.78 is 0. The molecule has 0 spiro atoms.